The zero-order valence-corrected chi connectivity index (χ0v) is 33.8. The first kappa shape index (κ1) is 49.5. The Hall–Kier alpha value is -1.56. The highest BCUT2D eigenvalue weighted by molar-refractivity contribution is 5.70. The van der Waals surface area contributed by atoms with Gasteiger partial charge in [-0.2, -0.15) is 0 Å². The van der Waals surface area contributed by atoms with E-state index in [-0.39, 0.29) is 32.0 Å². The van der Waals surface area contributed by atoms with Gasteiger partial charge in [-0.3, -0.25) is 9.59 Å². The molecule has 53 heavy (non-hydrogen) atoms. The van der Waals surface area contributed by atoms with E-state index in [1.165, 1.54) is 96.3 Å². The lowest BCUT2D eigenvalue weighted by Gasteiger charge is -2.39. The third-order valence-corrected chi connectivity index (χ3v) is 10.2. The Balaban J connectivity index is 2.33. The molecule has 4 N–H and O–H groups in total. The van der Waals surface area contributed by atoms with E-state index in [2.05, 4.69) is 26.0 Å². The van der Waals surface area contributed by atoms with Gasteiger partial charge in [-0.15, -0.1) is 0 Å². The van der Waals surface area contributed by atoms with Gasteiger partial charge in [0.2, 0.25) is 0 Å². The number of carbonyl (C=O) groups excluding carboxylic acids is 2. The van der Waals surface area contributed by atoms with Crippen molar-refractivity contribution in [2.75, 3.05) is 19.8 Å². The van der Waals surface area contributed by atoms with E-state index >= 15 is 0 Å². The number of ether oxygens (including phenoxy) is 4. The SMILES string of the molecule is CCCCC/C=C/CCCCCCCC(=O)OC[C@H](CO[C@@H]1O[C@H](CO)[C@H](O)C(O)C1O)OC(=O)CCCCCCCCCCCCCCCCCC. The van der Waals surface area contributed by atoms with Gasteiger partial charge in [-0.05, 0) is 38.5 Å². The van der Waals surface area contributed by atoms with Gasteiger partial charge < -0.3 is 39.4 Å². The monoisotopic (exact) mass is 757 g/mol. The lowest BCUT2D eigenvalue weighted by atomic mass is 9.99. The van der Waals surface area contributed by atoms with E-state index in [9.17, 15) is 30.0 Å². The molecular formula is C43H80O10. The fraction of sp³-hybridized carbons (Fsp3) is 0.907. The van der Waals surface area contributed by atoms with Crippen LogP contribution < -0.4 is 0 Å². The molecule has 0 aliphatic carbocycles. The molecule has 0 spiro atoms. The Bertz CT molecular complexity index is 881. The summed E-state index contributed by atoms with van der Waals surface area (Å²) in [5.41, 5.74) is 0. The van der Waals surface area contributed by atoms with E-state index in [1.807, 2.05) is 0 Å². The number of hydrogen-bond donors (Lipinski definition) is 4. The summed E-state index contributed by atoms with van der Waals surface area (Å²) in [6.45, 7) is 3.40. The zero-order valence-electron chi connectivity index (χ0n) is 33.8. The van der Waals surface area contributed by atoms with Gasteiger partial charge >= 0.3 is 11.9 Å². The largest absolute Gasteiger partial charge is 0.462 e. The molecule has 10 heteroatoms. The third-order valence-electron chi connectivity index (χ3n) is 10.2. The second kappa shape index (κ2) is 34.9. The lowest BCUT2D eigenvalue weighted by molar-refractivity contribution is -0.305. The minimum atomic E-state index is -1.59. The average molecular weight is 757 g/mol. The number of rotatable bonds is 36. The molecule has 6 atom stereocenters. The van der Waals surface area contributed by atoms with Crippen molar-refractivity contribution in [3.05, 3.63) is 12.2 Å². The Morgan fingerprint density at radius 2 is 1.00 bits per heavy atom. The molecule has 312 valence electrons. The maximum absolute atomic E-state index is 12.7. The molecule has 0 bridgehead atoms. The van der Waals surface area contributed by atoms with Crippen LogP contribution in [-0.4, -0.2) is 89.0 Å². The summed E-state index contributed by atoms with van der Waals surface area (Å²) in [6, 6.07) is 0. The van der Waals surface area contributed by atoms with Gasteiger partial charge in [-0.1, -0.05) is 154 Å². The first-order valence-electron chi connectivity index (χ1n) is 21.8. The van der Waals surface area contributed by atoms with Gasteiger partial charge in [-0.25, -0.2) is 0 Å². The standard InChI is InChI=1S/C43H80O10/c1-3-5-7-9-11-13-15-17-18-19-20-22-24-26-28-30-32-39(46)52-36(35-51-43-42(49)41(48)40(47)37(33-44)53-43)34-50-38(45)31-29-27-25-23-21-16-14-12-10-8-6-4-2/h12,14,36-37,40-44,47-49H,3-11,13,15-35H2,1-2H3/b14-12+/t36-,37-,40+,41?,42?,43-/m1/s1. The predicted molar refractivity (Wildman–Crippen MR) is 210 cm³/mol. The number of unbranched alkanes of at least 4 members (excludes halogenated alkanes) is 23. The van der Waals surface area contributed by atoms with Crippen molar-refractivity contribution in [1.29, 1.82) is 0 Å². The van der Waals surface area contributed by atoms with Crippen LogP contribution in [0.2, 0.25) is 0 Å². The zero-order chi connectivity index (χ0) is 38.8. The molecule has 0 amide bonds. The maximum Gasteiger partial charge on any atom is 0.306 e. The van der Waals surface area contributed by atoms with Crippen LogP contribution in [0.1, 0.15) is 194 Å². The number of esters is 2. The molecule has 1 rings (SSSR count). The molecule has 1 aliphatic heterocycles. The lowest BCUT2D eigenvalue weighted by Crippen LogP contribution is -2.59. The fourth-order valence-electron chi connectivity index (χ4n) is 6.65. The van der Waals surface area contributed by atoms with Gasteiger partial charge in [0, 0.05) is 12.8 Å². The first-order valence-corrected chi connectivity index (χ1v) is 21.8. The van der Waals surface area contributed by atoms with Crippen LogP contribution in [0.4, 0.5) is 0 Å². The Morgan fingerprint density at radius 3 is 1.51 bits per heavy atom. The molecule has 0 radical (unpaired) electrons. The molecule has 1 aliphatic rings. The van der Waals surface area contributed by atoms with E-state index in [0.717, 1.165) is 64.2 Å². The summed E-state index contributed by atoms with van der Waals surface area (Å²) in [5.74, 6) is -0.809. The number of aliphatic hydroxyl groups excluding tert-OH is 4. The van der Waals surface area contributed by atoms with Crippen LogP contribution in [0.3, 0.4) is 0 Å². The molecule has 1 fully saturated rings. The van der Waals surface area contributed by atoms with Gasteiger partial charge in [0.15, 0.2) is 12.4 Å². The molecule has 0 aromatic heterocycles. The molecule has 1 saturated heterocycles. The summed E-state index contributed by atoms with van der Waals surface area (Å²) >= 11 is 0. The van der Waals surface area contributed by atoms with Crippen molar-refractivity contribution >= 4 is 11.9 Å². The minimum absolute atomic E-state index is 0.217. The Labute approximate surface area is 322 Å². The normalized spacial score (nSPS) is 20.9. The van der Waals surface area contributed by atoms with Gasteiger partial charge in [0.25, 0.3) is 0 Å². The molecular weight excluding hydrogens is 676 g/mol. The van der Waals surface area contributed by atoms with Crippen molar-refractivity contribution in [3.8, 4) is 0 Å². The molecule has 0 saturated carbocycles. The van der Waals surface area contributed by atoms with Crippen LogP contribution in [0.25, 0.3) is 0 Å². The molecule has 10 nitrogen and oxygen atoms in total. The number of hydrogen-bond acceptors (Lipinski definition) is 10. The smallest absolute Gasteiger partial charge is 0.306 e. The summed E-state index contributed by atoms with van der Waals surface area (Å²) in [4.78, 5) is 25.2. The number of carbonyl (C=O) groups is 2. The van der Waals surface area contributed by atoms with Crippen LogP contribution in [0, 0.1) is 0 Å². The summed E-state index contributed by atoms with van der Waals surface area (Å²) in [7, 11) is 0. The van der Waals surface area contributed by atoms with E-state index in [0.29, 0.717) is 6.42 Å². The van der Waals surface area contributed by atoms with Crippen molar-refractivity contribution < 1.29 is 49.0 Å². The topological polar surface area (TPSA) is 152 Å². The minimum Gasteiger partial charge on any atom is -0.462 e. The van der Waals surface area contributed by atoms with Crippen LogP contribution in [0.5, 0.6) is 0 Å². The first-order chi connectivity index (χ1) is 25.8. The second-order valence-electron chi connectivity index (χ2n) is 15.2. The average Bonchev–Trinajstić information content (AvgIpc) is 3.15. The molecule has 1 heterocycles. The second-order valence-corrected chi connectivity index (χ2v) is 15.2. The van der Waals surface area contributed by atoms with Crippen LogP contribution in [-0.2, 0) is 28.5 Å². The fourth-order valence-corrected chi connectivity index (χ4v) is 6.65. The van der Waals surface area contributed by atoms with E-state index in [1.54, 1.807) is 0 Å². The summed E-state index contributed by atoms with van der Waals surface area (Å²) in [6.07, 6.45) is 27.9. The molecule has 0 aromatic carbocycles. The van der Waals surface area contributed by atoms with Crippen molar-refractivity contribution in [1.82, 2.24) is 0 Å². The van der Waals surface area contributed by atoms with Gasteiger partial charge in [0.1, 0.15) is 31.0 Å². The molecule has 0 aromatic rings. The van der Waals surface area contributed by atoms with Crippen molar-refractivity contribution in [2.24, 2.45) is 0 Å². The van der Waals surface area contributed by atoms with Crippen LogP contribution in [0.15, 0.2) is 12.2 Å². The summed E-state index contributed by atoms with van der Waals surface area (Å²) in [5, 5.41) is 40.0. The number of aliphatic hydroxyl groups is 4. The van der Waals surface area contributed by atoms with E-state index < -0.39 is 49.4 Å². The highest BCUT2D eigenvalue weighted by Crippen LogP contribution is 2.23. The quantitative estimate of drug-likeness (QED) is 0.0277. The Kier molecular flexibility index (Phi) is 32.6. The van der Waals surface area contributed by atoms with E-state index in [4.69, 9.17) is 18.9 Å². The number of allylic oxidation sites excluding steroid dienone is 2. The molecule has 2 unspecified atom stereocenters. The highest BCUT2D eigenvalue weighted by Gasteiger charge is 2.44. The van der Waals surface area contributed by atoms with Crippen molar-refractivity contribution in [2.45, 2.75) is 230 Å². The maximum atomic E-state index is 12.7. The summed E-state index contributed by atoms with van der Waals surface area (Å²) < 4.78 is 22.1. The van der Waals surface area contributed by atoms with Crippen molar-refractivity contribution in [3.63, 3.8) is 0 Å². The highest BCUT2D eigenvalue weighted by atomic mass is 16.7. The predicted octanol–water partition coefficient (Wildman–Crippen LogP) is 8.78. The van der Waals surface area contributed by atoms with Gasteiger partial charge in [0.05, 0.1) is 13.2 Å². The Morgan fingerprint density at radius 1 is 0.566 bits per heavy atom. The van der Waals surface area contributed by atoms with Crippen LogP contribution >= 0.6 is 0 Å². The third kappa shape index (κ3) is 26.8.